The molecule has 1 aromatic heterocycles. The van der Waals surface area contributed by atoms with Gasteiger partial charge in [-0.3, -0.25) is 9.59 Å². The number of likely N-dealkylation sites (N-methyl/N-ethyl adjacent to an activating group) is 1. The fourth-order valence-electron chi connectivity index (χ4n) is 10.4. The van der Waals surface area contributed by atoms with Gasteiger partial charge in [0.2, 0.25) is 0 Å². The van der Waals surface area contributed by atoms with Crippen molar-refractivity contribution in [1.82, 2.24) is 0 Å². The van der Waals surface area contributed by atoms with Crippen LogP contribution in [0.5, 0.6) is 5.75 Å². The molecule has 0 fully saturated rings. The van der Waals surface area contributed by atoms with Gasteiger partial charge in [0.1, 0.15) is 51.4 Å². The van der Waals surface area contributed by atoms with E-state index in [-0.39, 0.29) is 62.7 Å². The van der Waals surface area contributed by atoms with Crippen LogP contribution in [0.2, 0.25) is 0 Å². The molecule has 0 bridgehead atoms. The summed E-state index contributed by atoms with van der Waals surface area (Å²) in [6.45, 7) is 16.5. The Balaban J connectivity index is -0.00000117. The minimum atomic E-state index is -0.246. The van der Waals surface area contributed by atoms with Crippen LogP contribution in [-0.2, 0) is 24.4 Å². The minimum absolute atomic E-state index is 0. The number of thiophene rings is 1. The summed E-state index contributed by atoms with van der Waals surface area (Å²) in [6.07, 6.45) is 11.2. The van der Waals surface area contributed by atoms with E-state index in [1.807, 2.05) is 42.5 Å². The zero-order valence-electron chi connectivity index (χ0n) is 69.8. The number of carbonyl (C=O) groups is 3. The molecule has 0 atom stereocenters. The van der Waals surface area contributed by atoms with Crippen LogP contribution in [0.4, 0.5) is 0 Å². The van der Waals surface area contributed by atoms with Crippen LogP contribution in [0.25, 0.3) is 0 Å². The molecule has 0 radical (unpaired) electrons. The van der Waals surface area contributed by atoms with Gasteiger partial charge in [-0.25, -0.2) is 4.79 Å². The summed E-state index contributed by atoms with van der Waals surface area (Å²) in [5.41, 5.74) is 5.61. The second-order valence-electron chi connectivity index (χ2n) is 35.3. The quantitative estimate of drug-likeness (QED) is 0.0139. The molecule has 0 saturated heterocycles. The summed E-state index contributed by atoms with van der Waals surface area (Å²) in [5.74, 6) is 6.88. The Labute approximate surface area is 671 Å². The van der Waals surface area contributed by atoms with E-state index in [0.717, 1.165) is 114 Å². The lowest BCUT2D eigenvalue weighted by atomic mass is 10.1. The molecule has 0 unspecified atom stereocenters. The SMILES string of the molecule is CC(=O)c1ccc(C#CC[N+](C)(C)C)s1.C[N+](C)(C)CCCCCC[N+](C)(C)Cc1ccccc1.C[N+](C)(C)CCCC[N+](C)(C)Cc1ccccc1.C[N+](C)(C)CCCOc1ccc(C=O)cc1.C[N+](C)(C)CCC[N+](C)(C)Cc1ccccc1.C[N+](C)(C)CCOC(=O)c1ccccc1.[Br-].[Br-].[Br-]. The predicted octanol–water partition coefficient (Wildman–Crippen LogP) is 5.18. The van der Waals surface area contributed by atoms with E-state index in [4.69, 9.17) is 9.47 Å². The third kappa shape index (κ3) is 61.1. The van der Waals surface area contributed by atoms with Crippen LogP contribution in [-0.4, -0.2) is 300 Å². The van der Waals surface area contributed by atoms with E-state index in [2.05, 4.69) is 272 Å². The lowest BCUT2D eigenvalue weighted by Gasteiger charge is -2.31. The van der Waals surface area contributed by atoms with Crippen molar-refractivity contribution >= 4 is 29.4 Å². The number of benzene rings is 5. The zero-order valence-corrected chi connectivity index (χ0v) is 75.3. The van der Waals surface area contributed by atoms with Gasteiger partial charge in [0.15, 0.2) is 5.78 Å². The smallest absolute Gasteiger partial charge is 0.338 e. The number of unbranched alkanes of at least 4 members (excludes halogenated alkanes) is 4. The molecule has 14 nitrogen and oxygen atoms in total. The van der Waals surface area contributed by atoms with Crippen LogP contribution >= 0.6 is 11.3 Å². The van der Waals surface area contributed by atoms with Crippen molar-refractivity contribution in [2.45, 2.75) is 77.9 Å². The number of hydrogen-bond acceptors (Lipinski definition) is 6. The molecule has 0 saturated carbocycles. The first-order valence-corrected chi connectivity index (χ1v) is 37.5. The maximum Gasteiger partial charge on any atom is 0.338 e. The number of quaternary nitrogens is 9. The Bertz CT molecular complexity index is 3230. The Morgan fingerprint density at radius 2 is 0.721 bits per heavy atom. The number of Topliss-reactive ketones (excluding diaryl/α,β-unsaturated/α-hetero) is 1. The van der Waals surface area contributed by atoms with Crippen molar-refractivity contribution in [2.24, 2.45) is 0 Å². The van der Waals surface area contributed by atoms with E-state index in [9.17, 15) is 14.4 Å². The Morgan fingerprint density at radius 1 is 0.375 bits per heavy atom. The van der Waals surface area contributed by atoms with Gasteiger partial charge in [-0.15, -0.1) is 11.3 Å². The second kappa shape index (κ2) is 52.2. The standard InChI is InChI=1S/C18H34N2.C16H30N2.C15H28N2.C13H20NO2.C12H18NO2.C12H16NOS.3BrH/c1-19(2,3)15-11-6-7-12-16-20(4,5)17-18-13-9-8-10-14-18;1-17(2,3)13-9-10-14-18(4,5)15-16-11-7-6-8-12-16;1-16(2,3)12-9-13-17(4,5)14-15-10-7-6-8-11-15;1-14(2,3)9-4-10-16-13-7-5-12(11-15)6-8-13;1-13(2,3)9-10-15-12(14)11-7-5-4-6-8-11;1-10(14)12-8-7-11(15-12)6-5-9-13(2,3)4;;;/h8-10,13-14H,6-7,11-12,15-17H2,1-5H3;6-8,11-12H,9-10,13-15H2,1-5H3;6-8,10-11H,9,12-14H2,1-5H3;5-8,11H,4,9-10H2,1-3H3;4-8H,9-10H2,1-3H3;7-8H,9H2,1-4H3;3*1H/q3*+2;3*+1;;;/p-3. The largest absolute Gasteiger partial charge is 1.00 e. The highest BCUT2D eigenvalue weighted by Crippen LogP contribution is 2.18. The van der Waals surface area contributed by atoms with Crippen molar-refractivity contribution in [3.63, 3.8) is 0 Å². The normalized spacial score (nSPS) is 11.6. The molecule has 6 aromatic rings. The summed E-state index contributed by atoms with van der Waals surface area (Å²) in [7, 11) is 53.4. The molecule has 0 aliphatic rings. The fourth-order valence-corrected chi connectivity index (χ4v) is 11.2. The Morgan fingerprint density at radius 3 is 1.09 bits per heavy atom. The molecule has 0 spiro atoms. The first kappa shape index (κ1) is 103. The van der Waals surface area contributed by atoms with Crippen molar-refractivity contribution in [2.75, 3.05) is 241 Å². The maximum atomic E-state index is 11.5. The number of ketones is 1. The molecule has 586 valence electrons. The summed E-state index contributed by atoms with van der Waals surface area (Å²) in [4.78, 5) is 34.7. The second-order valence-corrected chi connectivity index (χ2v) is 36.4. The van der Waals surface area contributed by atoms with Gasteiger partial charge in [0.05, 0.1) is 237 Å². The van der Waals surface area contributed by atoms with E-state index < -0.39 is 0 Å². The molecule has 0 amide bonds. The van der Waals surface area contributed by atoms with Gasteiger partial charge >= 0.3 is 5.97 Å². The minimum Gasteiger partial charge on any atom is -1.00 e. The monoisotopic (exact) mass is 1650 g/mol. The summed E-state index contributed by atoms with van der Waals surface area (Å²) in [5, 5.41) is 0. The zero-order chi connectivity index (χ0) is 76.5. The van der Waals surface area contributed by atoms with Crippen LogP contribution in [0.15, 0.2) is 158 Å². The fraction of sp³-hybridized carbons (Fsp3) is 0.547. The van der Waals surface area contributed by atoms with Gasteiger partial charge in [-0.05, 0) is 87.1 Å². The number of nitrogens with zero attached hydrogens (tertiary/aromatic N) is 9. The van der Waals surface area contributed by atoms with E-state index >= 15 is 0 Å². The Kier molecular flexibility index (Phi) is 51.8. The number of rotatable bonds is 34. The molecular weight excluding hydrogens is 1510 g/mol. The average Bonchev–Trinajstić information content (AvgIpc) is 1.43. The molecule has 18 heteroatoms. The van der Waals surface area contributed by atoms with Gasteiger partial charge in [-0.2, -0.15) is 0 Å². The number of hydrogen-bond donors (Lipinski definition) is 0. The molecule has 6 rings (SSSR count). The van der Waals surface area contributed by atoms with Crippen molar-refractivity contribution in [3.05, 3.63) is 195 Å². The molecule has 5 aromatic carbocycles. The number of halogens is 3. The molecule has 104 heavy (non-hydrogen) atoms. The van der Waals surface area contributed by atoms with Gasteiger partial charge in [0.25, 0.3) is 0 Å². The first-order valence-electron chi connectivity index (χ1n) is 36.6. The van der Waals surface area contributed by atoms with Crippen LogP contribution in [0, 0.1) is 11.8 Å². The third-order valence-corrected chi connectivity index (χ3v) is 17.2. The summed E-state index contributed by atoms with van der Waals surface area (Å²) >= 11 is 1.46. The molecule has 0 N–H and O–H groups in total. The predicted molar refractivity (Wildman–Crippen MR) is 431 cm³/mol. The molecule has 0 aliphatic heterocycles. The highest BCUT2D eigenvalue weighted by atomic mass is 79.9. The number of esters is 1. The number of ether oxygens (including phenoxy) is 2. The first-order chi connectivity index (χ1) is 46.7. The summed E-state index contributed by atoms with van der Waals surface area (Å²) < 4.78 is 19.8. The molecule has 1 heterocycles. The lowest BCUT2D eigenvalue weighted by Crippen LogP contribution is -3.00. The van der Waals surface area contributed by atoms with Crippen molar-refractivity contribution in [1.29, 1.82) is 0 Å². The van der Waals surface area contributed by atoms with Gasteiger partial charge in [0, 0.05) is 47.9 Å². The van der Waals surface area contributed by atoms with Crippen molar-refractivity contribution in [3.8, 4) is 17.6 Å². The van der Waals surface area contributed by atoms with Crippen LogP contribution in [0.1, 0.15) is 110 Å². The third-order valence-electron chi connectivity index (χ3n) is 16.1. The number of aldehydes is 1. The van der Waals surface area contributed by atoms with Crippen LogP contribution < -0.4 is 55.7 Å². The molecular formula is C86H146Br3N9O5S+6. The van der Waals surface area contributed by atoms with Crippen LogP contribution in [0.3, 0.4) is 0 Å². The van der Waals surface area contributed by atoms with E-state index in [1.54, 1.807) is 31.2 Å². The van der Waals surface area contributed by atoms with Gasteiger partial charge < -0.3 is 101 Å². The topological polar surface area (TPSA) is 69.7 Å². The highest BCUT2D eigenvalue weighted by Gasteiger charge is 2.20. The highest BCUT2D eigenvalue weighted by molar-refractivity contribution is 7.14. The van der Waals surface area contributed by atoms with E-state index in [0.29, 0.717) is 17.7 Å². The Hall–Kier alpha value is -4.95. The maximum absolute atomic E-state index is 11.5. The van der Waals surface area contributed by atoms with E-state index in [1.165, 1.54) is 112 Å². The van der Waals surface area contributed by atoms with Gasteiger partial charge in [-0.1, -0.05) is 115 Å². The number of carbonyl (C=O) groups excluding carboxylic acids is 3. The lowest BCUT2D eigenvalue weighted by molar-refractivity contribution is -0.912. The van der Waals surface area contributed by atoms with Crippen molar-refractivity contribution < 1.29 is 115 Å². The average molecular weight is 1660 g/mol. The molecule has 0 aliphatic carbocycles. The summed E-state index contributed by atoms with van der Waals surface area (Å²) in [6, 6.07) is 52.4.